The Labute approximate surface area is 103 Å². The SMILES string of the molecule is COCCC(N)CC(=O)c1ccc(C)c(C)c1. The molecule has 1 aromatic rings. The molecule has 0 saturated carbocycles. The van der Waals surface area contributed by atoms with Gasteiger partial charge in [-0.05, 0) is 37.5 Å². The van der Waals surface area contributed by atoms with Crippen LogP contribution in [-0.2, 0) is 4.74 Å². The first-order valence-electron chi connectivity index (χ1n) is 5.89. The third-order valence-corrected chi connectivity index (χ3v) is 2.97. The molecule has 17 heavy (non-hydrogen) atoms. The van der Waals surface area contributed by atoms with E-state index in [1.165, 1.54) is 5.56 Å². The smallest absolute Gasteiger partial charge is 0.164 e. The number of hydrogen-bond donors (Lipinski definition) is 1. The Morgan fingerprint density at radius 1 is 1.35 bits per heavy atom. The van der Waals surface area contributed by atoms with Crippen molar-refractivity contribution in [1.82, 2.24) is 0 Å². The topological polar surface area (TPSA) is 52.3 Å². The molecule has 0 heterocycles. The van der Waals surface area contributed by atoms with Gasteiger partial charge in [0.25, 0.3) is 0 Å². The molecule has 3 nitrogen and oxygen atoms in total. The van der Waals surface area contributed by atoms with Gasteiger partial charge in [-0.25, -0.2) is 0 Å². The molecular formula is C14H21NO2. The predicted molar refractivity (Wildman–Crippen MR) is 69.3 cm³/mol. The number of ketones is 1. The Balaban J connectivity index is 2.60. The lowest BCUT2D eigenvalue weighted by molar-refractivity contribution is 0.0967. The highest BCUT2D eigenvalue weighted by molar-refractivity contribution is 5.96. The molecule has 0 aromatic heterocycles. The molecule has 1 unspecified atom stereocenters. The van der Waals surface area contributed by atoms with Gasteiger partial charge in [0.2, 0.25) is 0 Å². The summed E-state index contributed by atoms with van der Waals surface area (Å²) in [7, 11) is 1.64. The van der Waals surface area contributed by atoms with Crippen LogP contribution in [-0.4, -0.2) is 25.5 Å². The Kier molecular flexibility index (Phi) is 5.32. The highest BCUT2D eigenvalue weighted by Crippen LogP contribution is 2.12. The fraction of sp³-hybridized carbons (Fsp3) is 0.500. The molecule has 0 saturated heterocycles. The number of rotatable bonds is 6. The van der Waals surface area contributed by atoms with E-state index < -0.39 is 0 Å². The zero-order valence-electron chi connectivity index (χ0n) is 10.8. The lowest BCUT2D eigenvalue weighted by atomic mass is 9.99. The van der Waals surface area contributed by atoms with E-state index in [1.54, 1.807) is 7.11 Å². The first-order chi connectivity index (χ1) is 8.04. The second-order valence-electron chi connectivity index (χ2n) is 4.47. The van der Waals surface area contributed by atoms with Crippen molar-refractivity contribution in [1.29, 1.82) is 0 Å². The van der Waals surface area contributed by atoms with Gasteiger partial charge in [-0.15, -0.1) is 0 Å². The average Bonchev–Trinajstić information content (AvgIpc) is 2.30. The third-order valence-electron chi connectivity index (χ3n) is 2.97. The summed E-state index contributed by atoms with van der Waals surface area (Å²) in [6.45, 7) is 4.65. The van der Waals surface area contributed by atoms with Crippen molar-refractivity contribution in [2.75, 3.05) is 13.7 Å². The molecule has 0 aliphatic carbocycles. The third kappa shape index (κ3) is 4.29. The summed E-state index contributed by atoms with van der Waals surface area (Å²) in [6.07, 6.45) is 1.10. The van der Waals surface area contributed by atoms with Gasteiger partial charge < -0.3 is 10.5 Å². The molecule has 1 atom stereocenters. The summed E-state index contributed by atoms with van der Waals surface area (Å²) in [6, 6.07) is 5.65. The Morgan fingerprint density at radius 3 is 2.65 bits per heavy atom. The molecule has 1 rings (SSSR count). The lowest BCUT2D eigenvalue weighted by Gasteiger charge is -2.10. The van der Waals surface area contributed by atoms with Crippen LogP contribution in [0.5, 0.6) is 0 Å². The van der Waals surface area contributed by atoms with Crippen molar-refractivity contribution in [3.63, 3.8) is 0 Å². The fourth-order valence-corrected chi connectivity index (χ4v) is 1.64. The second-order valence-corrected chi connectivity index (χ2v) is 4.47. The molecule has 3 heteroatoms. The number of carbonyl (C=O) groups is 1. The van der Waals surface area contributed by atoms with Gasteiger partial charge in [0, 0.05) is 31.7 Å². The second kappa shape index (κ2) is 6.52. The summed E-state index contributed by atoms with van der Waals surface area (Å²) >= 11 is 0. The van der Waals surface area contributed by atoms with Crippen LogP contribution in [0.25, 0.3) is 0 Å². The molecule has 0 amide bonds. The Bertz CT molecular complexity index is 388. The normalized spacial score (nSPS) is 12.5. The number of benzene rings is 1. The molecule has 1 aromatic carbocycles. The summed E-state index contributed by atoms with van der Waals surface area (Å²) in [5.41, 5.74) is 8.96. The van der Waals surface area contributed by atoms with Gasteiger partial charge in [0.15, 0.2) is 5.78 Å². The van der Waals surface area contributed by atoms with Crippen LogP contribution >= 0.6 is 0 Å². The minimum Gasteiger partial charge on any atom is -0.385 e. The van der Waals surface area contributed by atoms with E-state index in [0.29, 0.717) is 19.4 Å². The van der Waals surface area contributed by atoms with E-state index in [1.807, 2.05) is 32.0 Å². The summed E-state index contributed by atoms with van der Waals surface area (Å²) in [5.74, 6) is 0.108. The minimum absolute atomic E-state index is 0.108. The van der Waals surface area contributed by atoms with Gasteiger partial charge in [0.1, 0.15) is 0 Å². The molecule has 94 valence electrons. The van der Waals surface area contributed by atoms with Crippen LogP contribution < -0.4 is 5.73 Å². The molecule has 0 fully saturated rings. The maximum absolute atomic E-state index is 12.0. The van der Waals surface area contributed by atoms with Crippen molar-refractivity contribution in [3.8, 4) is 0 Å². The highest BCUT2D eigenvalue weighted by Gasteiger charge is 2.12. The first-order valence-corrected chi connectivity index (χ1v) is 5.89. The monoisotopic (exact) mass is 235 g/mol. The van der Waals surface area contributed by atoms with Gasteiger partial charge in [-0.2, -0.15) is 0 Å². The fourth-order valence-electron chi connectivity index (χ4n) is 1.64. The van der Waals surface area contributed by atoms with Gasteiger partial charge in [0.05, 0.1) is 0 Å². The quantitative estimate of drug-likeness (QED) is 0.769. The number of Topliss-reactive ketones (excluding diaryl/α,β-unsaturated/α-hetero) is 1. The van der Waals surface area contributed by atoms with Gasteiger partial charge in [-0.1, -0.05) is 12.1 Å². The number of hydrogen-bond acceptors (Lipinski definition) is 3. The molecule has 0 spiro atoms. The van der Waals surface area contributed by atoms with Crippen LogP contribution in [0.2, 0.25) is 0 Å². The van der Waals surface area contributed by atoms with E-state index in [-0.39, 0.29) is 11.8 Å². The number of methoxy groups -OCH3 is 1. The Morgan fingerprint density at radius 2 is 2.06 bits per heavy atom. The van der Waals surface area contributed by atoms with Crippen LogP contribution in [0, 0.1) is 13.8 Å². The number of aryl methyl sites for hydroxylation is 2. The largest absolute Gasteiger partial charge is 0.385 e. The van der Waals surface area contributed by atoms with E-state index >= 15 is 0 Å². The zero-order chi connectivity index (χ0) is 12.8. The van der Waals surface area contributed by atoms with Gasteiger partial charge >= 0.3 is 0 Å². The summed E-state index contributed by atoms with van der Waals surface area (Å²) in [4.78, 5) is 12.0. The minimum atomic E-state index is -0.121. The van der Waals surface area contributed by atoms with Crippen molar-refractivity contribution >= 4 is 5.78 Å². The van der Waals surface area contributed by atoms with Crippen molar-refractivity contribution in [3.05, 3.63) is 34.9 Å². The zero-order valence-corrected chi connectivity index (χ0v) is 10.8. The van der Waals surface area contributed by atoms with Crippen LogP contribution in [0.3, 0.4) is 0 Å². The Hall–Kier alpha value is -1.19. The first kappa shape index (κ1) is 13.9. The van der Waals surface area contributed by atoms with E-state index in [0.717, 1.165) is 11.1 Å². The van der Waals surface area contributed by atoms with E-state index in [2.05, 4.69) is 0 Å². The summed E-state index contributed by atoms with van der Waals surface area (Å²) < 4.78 is 4.94. The molecular weight excluding hydrogens is 214 g/mol. The van der Waals surface area contributed by atoms with E-state index in [4.69, 9.17) is 10.5 Å². The molecule has 2 N–H and O–H groups in total. The van der Waals surface area contributed by atoms with Crippen molar-refractivity contribution in [2.24, 2.45) is 5.73 Å². The maximum Gasteiger partial charge on any atom is 0.164 e. The van der Waals surface area contributed by atoms with Crippen LogP contribution in [0.4, 0.5) is 0 Å². The molecule has 0 aliphatic rings. The summed E-state index contributed by atoms with van der Waals surface area (Å²) in [5, 5.41) is 0. The highest BCUT2D eigenvalue weighted by atomic mass is 16.5. The number of nitrogens with two attached hydrogens (primary N) is 1. The molecule has 0 aliphatic heterocycles. The molecule has 0 bridgehead atoms. The predicted octanol–water partition coefficient (Wildman–Crippen LogP) is 2.24. The van der Waals surface area contributed by atoms with Crippen molar-refractivity contribution in [2.45, 2.75) is 32.7 Å². The van der Waals surface area contributed by atoms with Gasteiger partial charge in [-0.3, -0.25) is 4.79 Å². The number of carbonyl (C=O) groups excluding carboxylic acids is 1. The maximum atomic E-state index is 12.0. The van der Waals surface area contributed by atoms with Crippen LogP contribution in [0.15, 0.2) is 18.2 Å². The lowest BCUT2D eigenvalue weighted by Crippen LogP contribution is -2.25. The van der Waals surface area contributed by atoms with Crippen LogP contribution in [0.1, 0.15) is 34.3 Å². The number of ether oxygens (including phenoxy) is 1. The van der Waals surface area contributed by atoms with Crippen molar-refractivity contribution < 1.29 is 9.53 Å². The standard InChI is InChI=1S/C14H21NO2/c1-10-4-5-12(8-11(10)2)14(16)9-13(15)6-7-17-3/h4-5,8,13H,6-7,9,15H2,1-3H3. The average molecular weight is 235 g/mol. The van der Waals surface area contributed by atoms with E-state index in [9.17, 15) is 4.79 Å². The molecule has 0 radical (unpaired) electrons.